The van der Waals surface area contributed by atoms with Gasteiger partial charge in [0.25, 0.3) is 0 Å². The highest BCUT2D eigenvalue weighted by atomic mass is 35.5. The highest BCUT2D eigenvalue weighted by molar-refractivity contribution is 5.97. The molecule has 136 valence electrons. The van der Waals surface area contributed by atoms with Crippen LogP contribution in [0.3, 0.4) is 0 Å². The van der Waals surface area contributed by atoms with Crippen molar-refractivity contribution in [2.24, 2.45) is 5.73 Å². The number of amides is 1. The molecule has 5 nitrogen and oxygen atoms in total. The molecule has 0 heterocycles. The quantitative estimate of drug-likeness (QED) is 0.704. The maximum atomic E-state index is 11.9. The Morgan fingerprint density at radius 2 is 1.80 bits per heavy atom. The number of rotatable bonds is 8. The Labute approximate surface area is 154 Å². The lowest BCUT2D eigenvalue weighted by molar-refractivity contribution is -0.120. The summed E-state index contributed by atoms with van der Waals surface area (Å²) in [7, 11) is 0. The monoisotopic (exact) mass is 364 g/mol. The zero-order chi connectivity index (χ0) is 17.4. The highest BCUT2D eigenvalue weighted by Crippen LogP contribution is 2.13. The Morgan fingerprint density at radius 1 is 1.08 bits per heavy atom. The summed E-state index contributed by atoms with van der Waals surface area (Å²) in [5.41, 5.74) is 6.54. The van der Waals surface area contributed by atoms with Crippen molar-refractivity contribution < 1.29 is 14.3 Å². The van der Waals surface area contributed by atoms with Gasteiger partial charge in [0, 0.05) is 5.69 Å². The number of nitrogens with two attached hydrogens (primary N) is 1. The van der Waals surface area contributed by atoms with E-state index < -0.39 is 5.54 Å². The molecule has 0 unspecified atom stereocenters. The van der Waals surface area contributed by atoms with Crippen LogP contribution in [0.15, 0.2) is 54.6 Å². The van der Waals surface area contributed by atoms with Gasteiger partial charge in [-0.1, -0.05) is 30.3 Å². The van der Waals surface area contributed by atoms with Crippen molar-refractivity contribution in [3.05, 3.63) is 60.2 Å². The molecule has 0 aromatic heterocycles. The van der Waals surface area contributed by atoms with Gasteiger partial charge in [0.05, 0.1) is 18.8 Å². The van der Waals surface area contributed by atoms with Gasteiger partial charge in [0.2, 0.25) is 5.91 Å². The van der Waals surface area contributed by atoms with E-state index in [9.17, 15) is 4.79 Å². The van der Waals surface area contributed by atoms with E-state index >= 15 is 0 Å². The van der Waals surface area contributed by atoms with E-state index in [-0.39, 0.29) is 18.3 Å². The molecule has 2 rings (SSSR count). The predicted octanol–water partition coefficient (Wildman–Crippen LogP) is 3.38. The summed E-state index contributed by atoms with van der Waals surface area (Å²) in [5, 5.41) is 2.80. The van der Waals surface area contributed by atoms with Crippen LogP contribution in [0.25, 0.3) is 0 Å². The van der Waals surface area contributed by atoms with Crippen LogP contribution in [0, 0.1) is 0 Å². The molecule has 2 aromatic rings. The highest BCUT2D eigenvalue weighted by Gasteiger charge is 2.21. The zero-order valence-electron chi connectivity index (χ0n) is 14.5. The second-order valence-corrected chi connectivity index (χ2v) is 6.09. The molecule has 0 bridgehead atoms. The lowest BCUT2D eigenvalue weighted by atomic mass is 10.1. The van der Waals surface area contributed by atoms with Gasteiger partial charge in [-0.3, -0.25) is 4.79 Å². The van der Waals surface area contributed by atoms with E-state index in [0.29, 0.717) is 25.5 Å². The lowest BCUT2D eigenvalue weighted by Crippen LogP contribution is -2.45. The fourth-order valence-corrected chi connectivity index (χ4v) is 1.96. The zero-order valence-corrected chi connectivity index (χ0v) is 15.3. The molecule has 1 amide bonds. The molecule has 0 saturated carbocycles. The number of carbonyl (C=O) groups excluding carboxylic acids is 1. The summed E-state index contributed by atoms with van der Waals surface area (Å²) >= 11 is 0. The minimum atomic E-state index is -0.915. The molecule has 0 aliphatic heterocycles. The normalized spacial score (nSPS) is 10.7. The molecule has 0 spiro atoms. The van der Waals surface area contributed by atoms with E-state index in [1.165, 1.54) is 0 Å². The predicted molar refractivity (Wildman–Crippen MR) is 102 cm³/mol. The van der Waals surface area contributed by atoms with Gasteiger partial charge in [0.1, 0.15) is 12.4 Å². The van der Waals surface area contributed by atoms with Crippen LogP contribution in [0.5, 0.6) is 5.75 Å². The number of benzene rings is 2. The number of carbonyl (C=O) groups is 1. The molecule has 3 N–H and O–H groups in total. The van der Waals surface area contributed by atoms with Gasteiger partial charge in [-0.15, -0.1) is 12.4 Å². The van der Waals surface area contributed by atoms with Gasteiger partial charge in [-0.25, -0.2) is 0 Å². The van der Waals surface area contributed by atoms with Crippen molar-refractivity contribution in [2.45, 2.75) is 26.0 Å². The van der Waals surface area contributed by atoms with Gasteiger partial charge in [-0.2, -0.15) is 0 Å². The molecule has 0 aliphatic carbocycles. The largest absolute Gasteiger partial charge is 0.491 e. The Kier molecular flexibility index (Phi) is 8.41. The first-order valence-corrected chi connectivity index (χ1v) is 7.90. The minimum Gasteiger partial charge on any atom is -0.491 e. The standard InChI is InChI=1S/C19H24N2O3.ClH/c1-19(2,20)18(22)21-16-8-6-7-15(13-16)14-23-11-12-24-17-9-4-3-5-10-17;/h3-10,13H,11-12,14,20H2,1-2H3,(H,21,22);1H. The van der Waals surface area contributed by atoms with Crippen LogP contribution in [0.1, 0.15) is 19.4 Å². The molecular formula is C19H25ClN2O3. The SMILES string of the molecule is CC(C)(N)C(=O)Nc1cccc(COCCOc2ccccc2)c1.Cl. The summed E-state index contributed by atoms with van der Waals surface area (Å²) in [6, 6.07) is 17.1. The second-order valence-electron chi connectivity index (χ2n) is 6.09. The molecular weight excluding hydrogens is 340 g/mol. The Bertz CT molecular complexity index is 657. The van der Waals surface area contributed by atoms with Crippen molar-refractivity contribution >= 4 is 24.0 Å². The number of halogens is 1. The summed E-state index contributed by atoms with van der Waals surface area (Å²) < 4.78 is 11.2. The number of para-hydroxylation sites is 1. The lowest BCUT2D eigenvalue weighted by Gasteiger charge is -2.18. The summed E-state index contributed by atoms with van der Waals surface area (Å²) in [6.07, 6.45) is 0. The second kappa shape index (κ2) is 10.0. The smallest absolute Gasteiger partial charge is 0.243 e. The van der Waals surface area contributed by atoms with Crippen LogP contribution in [0.2, 0.25) is 0 Å². The first-order chi connectivity index (χ1) is 11.4. The first kappa shape index (κ1) is 21.0. The maximum Gasteiger partial charge on any atom is 0.243 e. The molecule has 6 heteroatoms. The van der Waals surface area contributed by atoms with Crippen molar-refractivity contribution in [1.82, 2.24) is 0 Å². The molecule has 0 radical (unpaired) electrons. The average molecular weight is 365 g/mol. The van der Waals surface area contributed by atoms with Crippen molar-refractivity contribution in [2.75, 3.05) is 18.5 Å². The topological polar surface area (TPSA) is 73.6 Å². The Morgan fingerprint density at radius 3 is 2.48 bits per heavy atom. The van der Waals surface area contributed by atoms with E-state index in [1.807, 2.05) is 54.6 Å². The van der Waals surface area contributed by atoms with Crippen molar-refractivity contribution in [3.8, 4) is 5.75 Å². The van der Waals surface area contributed by atoms with E-state index in [4.69, 9.17) is 15.2 Å². The van der Waals surface area contributed by atoms with Crippen molar-refractivity contribution in [1.29, 1.82) is 0 Å². The number of ether oxygens (including phenoxy) is 2. The third kappa shape index (κ3) is 7.56. The van der Waals surface area contributed by atoms with Gasteiger partial charge in [-0.05, 0) is 43.7 Å². The molecule has 0 atom stereocenters. The van der Waals surface area contributed by atoms with Gasteiger partial charge in [0.15, 0.2) is 0 Å². The van der Waals surface area contributed by atoms with Gasteiger partial charge < -0.3 is 20.5 Å². The number of hydrogen-bond acceptors (Lipinski definition) is 4. The van der Waals surface area contributed by atoms with Crippen LogP contribution in [-0.2, 0) is 16.1 Å². The fourth-order valence-electron chi connectivity index (χ4n) is 1.96. The Hall–Kier alpha value is -2.08. The van der Waals surface area contributed by atoms with Gasteiger partial charge >= 0.3 is 0 Å². The minimum absolute atomic E-state index is 0. The number of nitrogens with one attached hydrogen (secondary N) is 1. The summed E-state index contributed by atoms with van der Waals surface area (Å²) in [5.74, 6) is 0.604. The average Bonchev–Trinajstić information content (AvgIpc) is 2.55. The van der Waals surface area contributed by atoms with Crippen molar-refractivity contribution in [3.63, 3.8) is 0 Å². The third-order valence-electron chi connectivity index (χ3n) is 3.28. The third-order valence-corrected chi connectivity index (χ3v) is 3.28. The summed E-state index contributed by atoms with van der Waals surface area (Å²) in [4.78, 5) is 11.9. The molecule has 2 aromatic carbocycles. The van der Waals surface area contributed by atoms with Crippen LogP contribution >= 0.6 is 12.4 Å². The van der Waals surface area contributed by atoms with E-state index in [1.54, 1.807) is 13.8 Å². The first-order valence-electron chi connectivity index (χ1n) is 7.90. The van der Waals surface area contributed by atoms with Crippen LogP contribution < -0.4 is 15.8 Å². The number of hydrogen-bond donors (Lipinski definition) is 2. The van der Waals surface area contributed by atoms with E-state index in [0.717, 1.165) is 11.3 Å². The Balaban J connectivity index is 0.00000312. The van der Waals surface area contributed by atoms with Crippen LogP contribution in [-0.4, -0.2) is 24.7 Å². The fraction of sp³-hybridized carbons (Fsp3) is 0.316. The molecule has 0 fully saturated rings. The summed E-state index contributed by atoms with van der Waals surface area (Å²) in [6.45, 7) is 4.76. The van der Waals surface area contributed by atoms with Crippen LogP contribution in [0.4, 0.5) is 5.69 Å². The molecule has 0 aliphatic rings. The molecule has 0 saturated heterocycles. The molecule has 25 heavy (non-hydrogen) atoms. The number of anilines is 1. The maximum absolute atomic E-state index is 11.9. The van der Waals surface area contributed by atoms with E-state index in [2.05, 4.69) is 5.32 Å².